The monoisotopic (exact) mass is 267 g/mol. The first-order valence-electron chi connectivity index (χ1n) is 5.89. The third kappa shape index (κ3) is 2.67. The second kappa shape index (κ2) is 5.26. The third-order valence-electron chi connectivity index (χ3n) is 2.90. The van der Waals surface area contributed by atoms with Crippen molar-refractivity contribution in [3.8, 4) is 17.0 Å². The van der Waals surface area contributed by atoms with Gasteiger partial charge in [0.1, 0.15) is 23.1 Å². The third-order valence-corrected chi connectivity index (χ3v) is 2.90. The molecule has 1 aromatic carbocycles. The minimum atomic E-state index is -2.82. The molecule has 19 heavy (non-hydrogen) atoms. The number of alkyl halides is 2. The number of imidazole rings is 1. The topological polar surface area (TPSA) is 53.1 Å². The summed E-state index contributed by atoms with van der Waals surface area (Å²) in [5, 5.41) is 0. The highest BCUT2D eigenvalue weighted by Gasteiger charge is 2.13. The first-order valence-corrected chi connectivity index (χ1v) is 5.89. The predicted octanol–water partition coefficient (Wildman–Crippen LogP) is 2.83. The molecule has 0 fully saturated rings. The maximum atomic E-state index is 12.1. The van der Waals surface area contributed by atoms with Gasteiger partial charge in [0.05, 0.1) is 0 Å². The van der Waals surface area contributed by atoms with E-state index in [4.69, 9.17) is 5.73 Å². The molecule has 0 saturated heterocycles. The molecule has 0 spiro atoms. The van der Waals surface area contributed by atoms with E-state index in [1.807, 2.05) is 18.5 Å². The summed E-state index contributed by atoms with van der Waals surface area (Å²) in [6.07, 6.45) is 0.771. The second-order valence-corrected chi connectivity index (χ2v) is 4.08. The molecule has 0 radical (unpaired) electrons. The molecule has 2 N–H and O–H groups in total. The largest absolute Gasteiger partial charge is 0.435 e. The van der Waals surface area contributed by atoms with Gasteiger partial charge in [0.2, 0.25) is 0 Å². The van der Waals surface area contributed by atoms with Crippen LogP contribution in [-0.4, -0.2) is 16.2 Å². The van der Waals surface area contributed by atoms with Crippen molar-refractivity contribution in [1.82, 2.24) is 9.55 Å². The van der Waals surface area contributed by atoms with E-state index in [-0.39, 0.29) is 5.75 Å². The van der Waals surface area contributed by atoms with Crippen LogP contribution in [0.4, 0.5) is 14.6 Å². The molecule has 0 atom stereocenters. The Hall–Kier alpha value is -2.11. The maximum Gasteiger partial charge on any atom is 0.387 e. The molecular weight excluding hydrogens is 252 g/mol. The van der Waals surface area contributed by atoms with Crippen molar-refractivity contribution >= 4 is 5.82 Å². The molecule has 0 saturated carbocycles. The Morgan fingerprint density at radius 3 is 2.42 bits per heavy atom. The first-order chi connectivity index (χ1) is 9.02. The van der Waals surface area contributed by atoms with E-state index < -0.39 is 6.61 Å². The Morgan fingerprint density at radius 2 is 1.95 bits per heavy atom. The van der Waals surface area contributed by atoms with Crippen LogP contribution in [0.2, 0.25) is 0 Å². The number of aryl methyl sites for hydroxylation is 1. The Labute approximate surface area is 109 Å². The van der Waals surface area contributed by atoms with Gasteiger partial charge in [-0.05, 0) is 24.3 Å². The van der Waals surface area contributed by atoms with Crippen LogP contribution in [0.25, 0.3) is 11.3 Å². The van der Waals surface area contributed by atoms with Crippen LogP contribution < -0.4 is 10.5 Å². The van der Waals surface area contributed by atoms with Gasteiger partial charge in [0.15, 0.2) is 0 Å². The Morgan fingerprint density at radius 1 is 1.32 bits per heavy atom. The van der Waals surface area contributed by atoms with E-state index in [1.54, 1.807) is 12.1 Å². The predicted molar refractivity (Wildman–Crippen MR) is 69.1 cm³/mol. The smallest absolute Gasteiger partial charge is 0.387 e. The summed E-state index contributed by atoms with van der Waals surface area (Å²) < 4.78 is 30.2. The molecule has 102 valence electrons. The van der Waals surface area contributed by atoms with Gasteiger partial charge in [-0.1, -0.05) is 6.92 Å². The summed E-state index contributed by atoms with van der Waals surface area (Å²) >= 11 is 0. The minimum Gasteiger partial charge on any atom is -0.435 e. The average molecular weight is 267 g/mol. The molecule has 0 bridgehead atoms. The SMILES string of the molecule is CCc1nc(-c2ccc(OC(F)F)cc2)c(N)n1C. The molecule has 0 unspecified atom stereocenters. The van der Waals surface area contributed by atoms with E-state index in [0.717, 1.165) is 17.8 Å². The van der Waals surface area contributed by atoms with Crippen LogP contribution in [-0.2, 0) is 13.5 Å². The molecule has 0 amide bonds. The van der Waals surface area contributed by atoms with Crippen LogP contribution in [0.15, 0.2) is 24.3 Å². The zero-order chi connectivity index (χ0) is 14.0. The second-order valence-electron chi connectivity index (χ2n) is 4.08. The Bertz CT molecular complexity index is 564. The number of hydrogen-bond acceptors (Lipinski definition) is 3. The summed E-state index contributed by atoms with van der Waals surface area (Å²) in [6, 6.07) is 6.27. The Kier molecular flexibility index (Phi) is 3.69. The van der Waals surface area contributed by atoms with Gasteiger partial charge in [0, 0.05) is 19.0 Å². The zero-order valence-corrected chi connectivity index (χ0v) is 10.7. The van der Waals surface area contributed by atoms with Gasteiger partial charge >= 0.3 is 6.61 Å². The average Bonchev–Trinajstić information content (AvgIpc) is 2.66. The number of rotatable bonds is 4. The lowest BCUT2D eigenvalue weighted by atomic mass is 10.1. The maximum absolute atomic E-state index is 12.1. The molecule has 1 heterocycles. The van der Waals surface area contributed by atoms with Crippen LogP contribution in [0.1, 0.15) is 12.7 Å². The van der Waals surface area contributed by atoms with Gasteiger partial charge in [0.25, 0.3) is 0 Å². The van der Waals surface area contributed by atoms with Crippen molar-refractivity contribution in [3.63, 3.8) is 0 Å². The van der Waals surface area contributed by atoms with Crippen LogP contribution in [0.5, 0.6) is 5.75 Å². The number of nitrogens with zero attached hydrogens (tertiary/aromatic N) is 2. The molecule has 0 aliphatic carbocycles. The summed E-state index contributed by atoms with van der Waals surface area (Å²) in [7, 11) is 1.85. The van der Waals surface area contributed by atoms with Crippen molar-refractivity contribution < 1.29 is 13.5 Å². The van der Waals surface area contributed by atoms with Crippen molar-refractivity contribution in [2.75, 3.05) is 5.73 Å². The highest BCUT2D eigenvalue weighted by atomic mass is 19.3. The number of halogens is 2. The number of anilines is 1. The molecule has 2 rings (SSSR count). The minimum absolute atomic E-state index is 0.115. The molecule has 0 aliphatic rings. The highest BCUT2D eigenvalue weighted by molar-refractivity contribution is 5.71. The van der Waals surface area contributed by atoms with E-state index in [9.17, 15) is 8.78 Å². The van der Waals surface area contributed by atoms with Crippen molar-refractivity contribution in [1.29, 1.82) is 0 Å². The standard InChI is InChI=1S/C13H15F2N3O/c1-3-10-17-11(12(16)18(10)2)8-4-6-9(7-5-8)19-13(14)15/h4-7,13H,3,16H2,1-2H3. The zero-order valence-electron chi connectivity index (χ0n) is 10.7. The van der Waals surface area contributed by atoms with Crippen LogP contribution in [0, 0.1) is 0 Å². The number of hydrogen-bond donors (Lipinski definition) is 1. The van der Waals surface area contributed by atoms with Crippen molar-refractivity contribution in [3.05, 3.63) is 30.1 Å². The lowest BCUT2D eigenvalue weighted by Gasteiger charge is -2.05. The van der Waals surface area contributed by atoms with Crippen LogP contribution in [0.3, 0.4) is 0 Å². The molecule has 2 aromatic rings. The van der Waals surface area contributed by atoms with E-state index >= 15 is 0 Å². The van der Waals surface area contributed by atoms with Crippen molar-refractivity contribution in [2.24, 2.45) is 7.05 Å². The number of nitrogen functional groups attached to an aromatic ring is 1. The fourth-order valence-electron chi connectivity index (χ4n) is 1.88. The first kappa shape index (κ1) is 13.3. The molecule has 0 aliphatic heterocycles. The lowest BCUT2D eigenvalue weighted by Crippen LogP contribution is -2.01. The molecule has 6 heteroatoms. The van der Waals surface area contributed by atoms with E-state index in [1.165, 1.54) is 12.1 Å². The fourth-order valence-corrected chi connectivity index (χ4v) is 1.88. The summed E-state index contributed by atoms with van der Waals surface area (Å²) in [4.78, 5) is 4.44. The van der Waals surface area contributed by atoms with Gasteiger partial charge in [-0.25, -0.2) is 4.98 Å². The van der Waals surface area contributed by atoms with E-state index in [2.05, 4.69) is 9.72 Å². The quantitative estimate of drug-likeness (QED) is 0.926. The molecule has 1 aromatic heterocycles. The molecule has 4 nitrogen and oxygen atoms in total. The normalized spacial score (nSPS) is 11.0. The summed E-state index contributed by atoms with van der Waals surface area (Å²) in [5.41, 5.74) is 7.41. The van der Waals surface area contributed by atoms with Crippen molar-refractivity contribution in [2.45, 2.75) is 20.0 Å². The van der Waals surface area contributed by atoms with Gasteiger partial charge in [-0.3, -0.25) is 0 Å². The van der Waals surface area contributed by atoms with Gasteiger partial charge in [-0.2, -0.15) is 8.78 Å². The summed E-state index contributed by atoms with van der Waals surface area (Å²) in [6.45, 7) is -0.831. The lowest BCUT2D eigenvalue weighted by molar-refractivity contribution is -0.0498. The highest BCUT2D eigenvalue weighted by Crippen LogP contribution is 2.27. The number of aromatic nitrogens is 2. The summed E-state index contributed by atoms with van der Waals surface area (Å²) in [5.74, 6) is 1.55. The van der Waals surface area contributed by atoms with E-state index in [0.29, 0.717) is 11.5 Å². The Balaban J connectivity index is 2.32. The number of ether oxygens (including phenoxy) is 1. The van der Waals surface area contributed by atoms with Crippen LogP contribution >= 0.6 is 0 Å². The number of nitrogens with two attached hydrogens (primary N) is 1. The number of benzene rings is 1. The molecular formula is C13H15F2N3O. The van der Waals surface area contributed by atoms with Gasteiger partial charge in [-0.15, -0.1) is 0 Å². The van der Waals surface area contributed by atoms with Gasteiger partial charge < -0.3 is 15.0 Å². The fraction of sp³-hybridized carbons (Fsp3) is 0.308.